The molecular weight excluding hydrogens is 395 g/mol. The average molecular weight is 439 g/mol. The number of alkyl halides is 1. The van der Waals surface area contributed by atoms with E-state index in [4.69, 9.17) is 10.5 Å². The highest BCUT2D eigenvalue weighted by Crippen LogP contribution is 2.44. The van der Waals surface area contributed by atoms with Crippen molar-refractivity contribution in [2.75, 3.05) is 33.2 Å². The monoisotopic (exact) mass is 438 g/mol. The minimum absolute atomic E-state index is 0.0104. The lowest BCUT2D eigenvalue weighted by Gasteiger charge is -2.47. The van der Waals surface area contributed by atoms with Gasteiger partial charge in [0.1, 0.15) is 6.17 Å². The molecule has 1 aliphatic carbocycles. The molecule has 0 spiro atoms. The topological polar surface area (TPSA) is 77.8 Å². The fourth-order valence-corrected chi connectivity index (χ4v) is 7.72. The number of rotatable bonds is 1. The van der Waals surface area contributed by atoms with Crippen molar-refractivity contribution < 1.29 is 9.13 Å². The summed E-state index contributed by atoms with van der Waals surface area (Å²) < 4.78 is 21.2. The van der Waals surface area contributed by atoms with E-state index in [-0.39, 0.29) is 24.3 Å². The van der Waals surface area contributed by atoms with Crippen LogP contribution in [0.4, 0.5) is 4.39 Å². The number of fused-ring (bicyclic) bond motifs is 7. The van der Waals surface area contributed by atoms with E-state index in [9.17, 15) is 4.39 Å². The highest BCUT2D eigenvalue weighted by atomic mass is 19.1. The number of hydrogen-bond acceptors (Lipinski definition) is 7. The largest absolute Gasteiger partial charge is 0.372 e. The van der Waals surface area contributed by atoms with E-state index in [0.29, 0.717) is 48.6 Å². The molecule has 8 heteroatoms. The van der Waals surface area contributed by atoms with Crippen LogP contribution in [0.5, 0.6) is 0 Å². The number of nitrogens with two attached hydrogens (primary N) is 1. The van der Waals surface area contributed by atoms with Gasteiger partial charge in [-0.25, -0.2) is 14.4 Å². The summed E-state index contributed by atoms with van der Waals surface area (Å²) in [5, 5.41) is 8.30. The number of hydrazine groups is 2. The second kappa shape index (κ2) is 9.12. The Bertz CT molecular complexity index is 627. The minimum atomic E-state index is -0.704. The molecule has 10 unspecified atom stereocenters. The zero-order valence-corrected chi connectivity index (χ0v) is 19.5. The zero-order chi connectivity index (χ0) is 21.7. The highest BCUT2D eigenvalue weighted by Gasteiger charge is 2.49. The molecule has 2 bridgehead atoms. The molecule has 31 heavy (non-hydrogen) atoms. The molecule has 11 atom stereocenters. The summed E-state index contributed by atoms with van der Waals surface area (Å²) in [6.07, 6.45) is 3.63. The van der Waals surface area contributed by atoms with Gasteiger partial charge in [0.2, 0.25) is 0 Å². The summed E-state index contributed by atoms with van der Waals surface area (Å²) in [5.74, 6) is 2.43. The first kappa shape index (κ1) is 22.4. The maximum atomic E-state index is 14.6. The molecule has 0 aromatic heterocycles. The van der Waals surface area contributed by atoms with Crippen LogP contribution in [0.2, 0.25) is 0 Å². The molecule has 0 aromatic rings. The van der Waals surface area contributed by atoms with Crippen molar-refractivity contribution in [3.05, 3.63) is 0 Å². The van der Waals surface area contributed by atoms with Crippen LogP contribution in [0.1, 0.15) is 46.0 Å². The van der Waals surface area contributed by atoms with Crippen LogP contribution in [0.15, 0.2) is 0 Å². The second-order valence-corrected chi connectivity index (χ2v) is 11.0. The second-order valence-electron chi connectivity index (χ2n) is 11.0. The summed E-state index contributed by atoms with van der Waals surface area (Å²) in [6.45, 7) is 8.51. The van der Waals surface area contributed by atoms with Gasteiger partial charge in [-0.15, -0.1) is 0 Å². The van der Waals surface area contributed by atoms with Gasteiger partial charge < -0.3 is 10.5 Å². The summed E-state index contributed by atoms with van der Waals surface area (Å²) in [5.41, 5.74) is 14.0. The van der Waals surface area contributed by atoms with Crippen LogP contribution in [0, 0.1) is 29.6 Å². The van der Waals surface area contributed by atoms with E-state index in [1.54, 1.807) is 0 Å². The maximum absolute atomic E-state index is 14.6. The van der Waals surface area contributed by atoms with E-state index < -0.39 is 6.17 Å². The van der Waals surface area contributed by atoms with Crippen LogP contribution >= 0.6 is 0 Å². The van der Waals surface area contributed by atoms with Crippen molar-refractivity contribution in [1.29, 1.82) is 0 Å². The predicted molar refractivity (Wildman–Crippen MR) is 119 cm³/mol. The smallest absolute Gasteiger partial charge is 0.101 e. The van der Waals surface area contributed by atoms with Crippen LogP contribution in [0.25, 0.3) is 0 Å². The fraction of sp³-hybridized carbons (Fsp3) is 1.00. The molecule has 178 valence electrons. The molecule has 4 aliphatic heterocycles. The van der Waals surface area contributed by atoms with Gasteiger partial charge in [-0.1, -0.05) is 6.92 Å². The van der Waals surface area contributed by atoms with E-state index >= 15 is 0 Å². The third-order valence-electron chi connectivity index (χ3n) is 9.11. The Labute approximate surface area is 186 Å². The molecule has 4 saturated heterocycles. The Morgan fingerprint density at radius 2 is 1.87 bits per heavy atom. The number of nitrogens with one attached hydrogen (secondary N) is 3. The van der Waals surface area contributed by atoms with E-state index in [1.807, 2.05) is 0 Å². The Morgan fingerprint density at radius 1 is 1.06 bits per heavy atom. The zero-order valence-electron chi connectivity index (χ0n) is 19.5. The molecule has 1 saturated carbocycles. The molecule has 5 fully saturated rings. The van der Waals surface area contributed by atoms with Gasteiger partial charge >= 0.3 is 0 Å². The molecule has 5 aliphatic rings. The van der Waals surface area contributed by atoms with E-state index in [0.717, 1.165) is 39.0 Å². The standard InChI is InChI=1S/C23H43FN6O/c1-4-30-22-14(11-27-30)7-16-12-29(3)28-21(16)18-6-5-17(24)9-19(18)13(2)31-20-8-15(22)10-26-23(20)25/h13-23,26-28H,4-12,25H2,1-3H3/t13-,14?,15?,16?,17?,18?,19?,20?,21?,22?,23?/m1/s1. The Kier molecular flexibility index (Phi) is 6.60. The van der Waals surface area contributed by atoms with Crippen LogP contribution < -0.4 is 21.9 Å². The molecule has 7 nitrogen and oxygen atoms in total. The average Bonchev–Trinajstić information content (AvgIpc) is 3.32. The maximum Gasteiger partial charge on any atom is 0.101 e. The van der Waals surface area contributed by atoms with Crippen LogP contribution in [0.3, 0.4) is 0 Å². The molecule has 5 rings (SSSR count). The lowest BCUT2D eigenvalue weighted by atomic mass is 9.67. The van der Waals surface area contributed by atoms with E-state index in [2.05, 4.69) is 47.1 Å². The van der Waals surface area contributed by atoms with Gasteiger partial charge in [-0.05, 0) is 68.6 Å². The molecular formula is C23H43FN6O. The molecule has 4 heterocycles. The quantitative estimate of drug-likeness (QED) is 0.488. The minimum Gasteiger partial charge on any atom is -0.372 e. The number of nitrogens with zero attached hydrogens (tertiary/aromatic N) is 2. The number of hydrogen-bond donors (Lipinski definition) is 4. The van der Waals surface area contributed by atoms with E-state index in [1.165, 1.54) is 6.42 Å². The van der Waals surface area contributed by atoms with Crippen molar-refractivity contribution in [2.24, 2.45) is 35.3 Å². The first-order chi connectivity index (χ1) is 14.9. The van der Waals surface area contributed by atoms with Gasteiger partial charge in [0.15, 0.2) is 0 Å². The van der Waals surface area contributed by atoms with Crippen LogP contribution in [-0.2, 0) is 4.74 Å². The molecule has 0 amide bonds. The normalized spacial score (nSPS) is 52.0. The van der Waals surface area contributed by atoms with Crippen LogP contribution in [-0.4, -0.2) is 79.9 Å². The number of halogens is 1. The van der Waals surface area contributed by atoms with Crippen molar-refractivity contribution in [2.45, 2.75) is 82.6 Å². The lowest BCUT2D eigenvalue weighted by Crippen LogP contribution is -2.60. The van der Waals surface area contributed by atoms with Gasteiger partial charge in [0, 0.05) is 45.3 Å². The van der Waals surface area contributed by atoms with Crippen molar-refractivity contribution in [1.82, 2.24) is 26.2 Å². The third kappa shape index (κ3) is 4.29. The molecule has 0 radical (unpaired) electrons. The molecule has 5 N–H and O–H groups in total. The van der Waals surface area contributed by atoms with Gasteiger partial charge in [-0.2, -0.15) is 0 Å². The Morgan fingerprint density at radius 3 is 2.68 bits per heavy atom. The highest BCUT2D eigenvalue weighted by molar-refractivity contribution is 5.02. The van der Waals surface area contributed by atoms with Gasteiger partial charge in [0.25, 0.3) is 0 Å². The third-order valence-corrected chi connectivity index (χ3v) is 9.11. The van der Waals surface area contributed by atoms with Crippen molar-refractivity contribution >= 4 is 0 Å². The molecule has 0 aromatic carbocycles. The van der Waals surface area contributed by atoms with Crippen molar-refractivity contribution in [3.63, 3.8) is 0 Å². The SMILES string of the molecule is CCN1NCC2CC3CN(C)NC3C3CCC(F)CC3[C@@H](C)OC3CC(CNC3N)C21. The summed E-state index contributed by atoms with van der Waals surface area (Å²) >= 11 is 0. The predicted octanol–water partition coefficient (Wildman–Crippen LogP) is 1.07. The van der Waals surface area contributed by atoms with Gasteiger partial charge in [-0.3, -0.25) is 16.2 Å². The lowest BCUT2D eigenvalue weighted by molar-refractivity contribution is -0.105. The first-order valence-corrected chi connectivity index (χ1v) is 12.7. The fourth-order valence-electron chi connectivity index (χ4n) is 7.72. The summed E-state index contributed by atoms with van der Waals surface area (Å²) in [6, 6.07) is 0.922. The number of piperidine rings is 1. The Balaban J connectivity index is 1.48. The first-order valence-electron chi connectivity index (χ1n) is 12.7. The summed E-state index contributed by atoms with van der Waals surface area (Å²) in [4.78, 5) is 0. The van der Waals surface area contributed by atoms with Gasteiger partial charge in [0.05, 0.1) is 18.4 Å². The summed E-state index contributed by atoms with van der Waals surface area (Å²) in [7, 11) is 2.17. The van der Waals surface area contributed by atoms with Crippen molar-refractivity contribution in [3.8, 4) is 0 Å². The number of ether oxygens (including phenoxy) is 1. The Hall–Kier alpha value is -0.350.